The number of rotatable bonds is 5. The molecule has 1 aliphatic rings. The molecule has 9 heteroatoms. The van der Waals surface area contributed by atoms with Gasteiger partial charge in [0.05, 0.1) is 23.6 Å². The number of hydrogen-bond donors (Lipinski definition) is 1. The van der Waals surface area contributed by atoms with E-state index in [-0.39, 0.29) is 11.9 Å². The summed E-state index contributed by atoms with van der Waals surface area (Å²) in [6.07, 6.45) is 0. The Labute approximate surface area is 205 Å². The normalized spacial score (nSPS) is 16.1. The van der Waals surface area contributed by atoms with Gasteiger partial charge in [-0.05, 0) is 79.0 Å². The average molecular weight is 493 g/mol. The van der Waals surface area contributed by atoms with E-state index in [1.54, 1.807) is 26.2 Å². The number of anilines is 1. The third kappa shape index (κ3) is 3.97. The first kappa shape index (κ1) is 22.2. The molecule has 1 aliphatic heterocycles. The Balaban J connectivity index is 1.67. The van der Waals surface area contributed by atoms with Gasteiger partial charge in [-0.15, -0.1) is 11.3 Å². The lowest BCUT2D eigenvalue weighted by Crippen LogP contribution is -2.46. The van der Waals surface area contributed by atoms with Crippen LogP contribution in [0, 0.1) is 12.7 Å². The number of nitrogens with one attached hydrogen (secondary N) is 1. The number of benzene rings is 2. The quantitative estimate of drug-likeness (QED) is 0.337. The van der Waals surface area contributed by atoms with Crippen molar-refractivity contribution in [1.29, 1.82) is 0 Å². The largest absolute Gasteiger partial charge is 0.497 e. The van der Waals surface area contributed by atoms with Crippen LogP contribution in [0.15, 0.2) is 70.2 Å². The summed E-state index contributed by atoms with van der Waals surface area (Å²) in [4.78, 5) is 7.48. The molecule has 2 aromatic heterocycles. The minimum absolute atomic E-state index is 0.270. The van der Waals surface area contributed by atoms with Gasteiger partial charge < -0.3 is 14.6 Å². The molecule has 1 N–H and O–H groups in total. The zero-order chi connectivity index (χ0) is 23.8. The van der Waals surface area contributed by atoms with Gasteiger partial charge in [0.2, 0.25) is 5.82 Å². The molecule has 0 amide bonds. The van der Waals surface area contributed by atoms with Crippen molar-refractivity contribution in [1.82, 2.24) is 15.5 Å². The van der Waals surface area contributed by atoms with E-state index in [4.69, 9.17) is 26.5 Å². The second-order valence-electron chi connectivity index (χ2n) is 7.83. The number of allylic oxidation sites excluding steroid dienone is 1. The molecule has 5 rings (SSSR count). The molecule has 0 radical (unpaired) electrons. The van der Waals surface area contributed by atoms with Gasteiger partial charge in [0.15, 0.2) is 5.11 Å². The van der Waals surface area contributed by atoms with Gasteiger partial charge in [0.1, 0.15) is 11.6 Å². The van der Waals surface area contributed by atoms with Crippen LogP contribution in [-0.2, 0) is 0 Å². The third-order valence-electron chi connectivity index (χ3n) is 5.71. The summed E-state index contributed by atoms with van der Waals surface area (Å²) in [7, 11) is 1.63. The number of methoxy groups -OCH3 is 1. The highest BCUT2D eigenvalue weighted by molar-refractivity contribution is 7.80. The lowest BCUT2D eigenvalue weighted by Gasteiger charge is -2.37. The number of hydrogen-bond acceptors (Lipinski definition) is 6. The number of thiocarbonyl (C=S) groups is 1. The van der Waals surface area contributed by atoms with Crippen LogP contribution in [0.1, 0.15) is 30.0 Å². The number of aromatic nitrogens is 2. The van der Waals surface area contributed by atoms with E-state index in [0.717, 1.165) is 33.1 Å². The first-order valence-corrected chi connectivity index (χ1v) is 11.8. The van der Waals surface area contributed by atoms with Gasteiger partial charge in [-0.2, -0.15) is 4.98 Å². The molecule has 2 aromatic carbocycles. The van der Waals surface area contributed by atoms with Gasteiger partial charge >= 0.3 is 0 Å². The van der Waals surface area contributed by atoms with Crippen LogP contribution in [0.2, 0.25) is 0 Å². The molecule has 0 saturated heterocycles. The summed E-state index contributed by atoms with van der Waals surface area (Å²) in [5.74, 6) is 1.36. The SMILES string of the molecule is COc1cccc(C2NC(=S)N(c3ccc(F)c(C)c3)C(C)=C2c2nc(-c3cccs3)no2)c1. The van der Waals surface area contributed by atoms with Crippen molar-refractivity contribution in [2.45, 2.75) is 19.9 Å². The fourth-order valence-electron chi connectivity index (χ4n) is 4.01. The first-order chi connectivity index (χ1) is 16.5. The number of halogens is 1. The van der Waals surface area contributed by atoms with Gasteiger partial charge in [-0.1, -0.05) is 23.4 Å². The summed E-state index contributed by atoms with van der Waals surface area (Å²) in [6.45, 7) is 3.67. The topological polar surface area (TPSA) is 63.4 Å². The van der Waals surface area contributed by atoms with Crippen LogP contribution < -0.4 is 15.0 Å². The van der Waals surface area contributed by atoms with E-state index in [2.05, 4.69) is 10.5 Å². The first-order valence-electron chi connectivity index (χ1n) is 10.6. The molecule has 34 heavy (non-hydrogen) atoms. The van der Waals surface area contributed by atoms with Gasteiger partial charge in [0, 0.05) is 11.4 Å². The van der Waals surface area contributed by atoms with E-state index >= 15 is 0 Å². The van der Waals surface area contributed by atoms with Crippen molar-refractivity contribution in [3.63, 3.8) is 0 Å². The molecule has 6 nitrogen and oxygen atoms in total. The Morgan fingerprint density at radius 2 is 2.00 bits per heavy atom. The maximum absolute atomic E-state index is 14.0. The number of nitrogens with zero attached hydrogens (tertiary/aromatic N) is 3. The van der Waals surface area contributed by atoms with Crippen LogP contribution in [0.25, 0.3) is 16.3 Å². The third-order valence-corrected chi connectivity index (χ3v) is 6.88. The fourth-order valence-corrected chi connectivity index (χ4v) is 5.02. The molecule has 4 aromatic rings. The molecule has 0 aliphatic carbocycles. The Morgan fingerprint density at radius 1 is 1.15 bits per heavy atom. The predicted octanol–water partition coefficient (Wildman–Crippen LogP) is 6.12. The van der Waals surface area contributed by atoms with Crippen LogP contribution in [-0.4, -0.2) is 22.4 Å². The summed E-state index contributed by atoms with van der Waals surface area (Å²) in [5.41, 5.74) is 3.79. The zero-order valence-corrected chi connectivity index (χ0v) is 20.3. The second-order valence-corrected chi connectivity index (χ2v) is 9.16. The van der Waals surface area contributed by atoms with Crippen LogP contribution >= 0.6 is 23.6 Å². The van der Waals surface area contributed by atoms with Crippen molar-refractivity contribution in [2.24, 2.45) is 0 Å². The number of aryl methyl sites for hydroxylation is 1. The van der Waals surface area contributed by atoms with Crippen molar-refractivity contribution in [2.75, 3.05) is 12.0 Å². The molecule has 0 fully saturated rings. The molecular weight excluding hydrogens is 471 g/mol. The molecule has 1 unspecified atom stereocenters. The second kappa shape index (κ2) is 9.00. The van der Waals surface area contributed by atoms with Crippen LogP contribution in [0.4, 0.5) is 10.1 Å². The van der Waals surface area contributed by atoms with Gasteiger partial charge in [-0.3, -0.25) is 4.90 Å². The minimum atomic E-state index is -0.350. The maximum atomic E-state index is 14.0. The Hall–Kier alpha value is -3.56. The summed E-state index contributed by atoms with van der Waals surface area (Å²) in [6, 6.07) is 16.2. The maximum Gasteiger partial charge on any atom is 0.258 e. The highest BCUT2D eigenvalue weighted by Crippen LogP contribution is 2.40. The van der Waals surface area contributed by atoms with E-state index in [1.165, 1.54) is 17.4 Å². The Kier molecular flexibility index (Phi) is 5.89. The summed E-state index contributed by atoms with van der Waals surface area (Å²) >= 11 is 7.30. The number of ether oxygens (including phenoxy) is 1. The molecule has 0 saturated carbocycles. The van der Waals surface area contributed by atoms with Crippen molar-refractivity contribution >= 4 is 39.9 Å². The van der Waals surface area contributed by atoms with E-state index < -0.39 is 0 Å². The summed E-state index contributed by atoms with van der Waals surface area (Å²) < 4.78 is 25.2. The van der Waals surface area contributed by atoms with Crippen molar-refractivity contribution in [3.05, 3.63) is 88.5 Å². The van der Waals surface area contributed by atoms with Crippen molar-refractivity contribution < 1.29 is 13.7 Å². The highest BCUT2D eigenvalue weighted by atomic mass is 32.1. The van der Waals surface area contributed by atoms with Crippen LogP contribution in [0.3, 0.4) is 0 Å². The molecular formula is C25H21FN4O2S2. The van der Waals surface area contributed by atoms with E-state index in [9.17, 15) is 4.39 Å². The van der Waals surface area contributed by atoms with Crippen LogP contribution in [0.5, 0.6) is 5.75 Å². The highest BCUT2D eigenvalue weighted by Gasteiger charge is 2.35. The van der Waals surface area contributed by atoms with Gasteiger partial charge in [-0.25, -0.2) is 4.39 Å². The molecule has 172 valence electrons. The number of thiophene rings is 1. The lowest BCUT2D eigenvalue weighted by molar-refractivity contribution is 0.403. The minimum Gasteiger partial charge on any atom is -0.497 e. The molecule has 0 spiro atoms. The molecule has 1 atom stereocenters. The van der Waals surface area contributed by atoms with Crippen molar-refractivity contribution in [3.8, 4) is 16.5 Å². The van der Waals surface area contributed by atoms with E-state index in [1.807, 2.05) is 53.6 Å². The lowest BCUT2D eigenvalue weighted by atomic mass is 9.94. The zero-order valence-electron chi connectivity index (χ0n) is 18.7. The predicted molar refractivity (Wildman–Crippen MR) is 135 cm³/mol. The molecule has 3 heterocycles. The monoisotopic (exact) mass is 492 g/mol. The average Bonchev–Trinajstić information content (AvgIpc) is 3.53. The molecule has 0 bridgehead atoms. The Bertz CT molecular complexity index is 1400. The summed E-state index contributed by atoms with van der Waals surface area (Å²) in [5, 5.41) is 10.1. The smallest absolute Gasteiger partial charge is 0.258 e. The standard InChI is InChI=1S/C25H21FN4O2S2/c1-14-12-17(9-10-19(14)26)30-15(2)21(24-28-23(29-32-24)20-8-5-11-34-20)22(27-25(30)33)16-6-4-7-18(13-16)31-3/h4-13,22H,1-3H3,(H,27,33). The Morgan fingerprint density at radius 3 is 2.74 bits per heavy atom. The van der Waals surface area contributed by atoms with E-state index in [0.29, 0.717) is 22.4 Å². The fraction of sp³-hybridized carbons (Fsp3) is 0.160. The van der Waals surface area contributed by atoms with Gasteiger partial charge in [0.25, 0.3) is 5.89 Å².